The monoisotopic (exact) mass is 315 g/mol. The van der Waals surface area contributed by atoms with Crippen molar-refractivity contribution in [1.82, 2.24) is 9.29 Å². The molecule has 1 heterocycles. The van der Waals surface area contributed by atoms with Gasteiger partial charge in [-0.2, -0.15) is 4.31 Å². The van der Waals surface area contributed by atoms with Crippen molar-refractivity contribution in [3.8, 4) is 0 Å². The summed E-state index contributed by atoms with van der Waals surface area (Å²) in [6.45, 7) is 1.22. The van der Waals surface area contributed by atoms with Crippen LogP contribution in [-0.4, -0.2) is 30.8 Å². The zero-order valence-corrected chi connectivity index (χ0v) is 12.7. The van der Waals surface area contributed by atoms with Gasteiger partial charge >= 0.3 is 0 Å². The molecule has 1 aromatic heterocycles. The van der Waals surface area contributed by atoms with E-state index in [1.165, 1.54) is 12.3 Å². The molecule has 0 bridgehead atoms. The molecule has 1 aromatic rings. The number of nitrogens with zero attached hydrogens (tertiary/aromatic N) is 2. The molecule has 2 saturated carbocycles. The minimum absolute atomic E-state index is 0.137. The summed E-state index contributed by atoms with van der Waals surface area (Å²) < 4.78 is 27.0. The van der Waals surface area contributed by atoms with Crippen LogP contribution in [0.15, 0.2) is 17.2 Å². The van der Waals surface area contributed by atoms with Gasteiger partial charge in [0.25, 0.3) is 0 Å². The van der Waals surface area contributed by atoms with Gasteiger partial charge < -0.3 is 5.73 Å². The van der Waals surface area contributed by atoms with Crippen LogP contribution < -0.4 is 5.73 Å². The van der Waals surface area contributed by atoms with Crippen LogP contribution in [0, 0.1) is 11.8 Å². The molecular weight excluding hydrogens is 298 g/mol. The summed E-state index contributed by atoms with van der Waals surface area (Å²) in [5.41, 5.74) is 5.54. The van der Waals surface area contributed by atoms with Gasteiger partial charge in [-0.05, 0) is 43.6 Å². The van der Waals surface area contributed by atoms with E-state index in [9.17, 15) is 8.42 Å². The van der Waals surface area contributed by atoms with E-state index in [1.807, 2.05) is 0 Å². The highest BCUT2D eigenvalue weighted by molar-refractivity contribution is 7.89. The molecule has 3 rings (SSSR count). The summed E-state index contributed by atoms with van der Waals surface area (Å²) in [5.74, 6) is 1.18. The van der Waals surface area contributed by atoms with Gasteiger partial charge in [0.05, 0.1) is 5.02 Å². The van der Waals surface area contributed by atoms with Crippen LogP contribution in [0.4, 0.5) is 5.82 Å². The van der Waals surface area contributed by atoms with E-state index >= 15 is 0 Å². The maximum atomic E-state index is 12.7. The number of nitrogens with two attached hydrogens (primary N) is 1. The maximum absolute atomic E-state index is 12.7. The number of halogens is 1. The maximum Gasteiger partial charge on any atom is 0.244 e. The molecule has 0 aromatic carbocycles. The van der Waals surface area contributed by atoms with E-state index in [4.69, 9.17) is 17.3 Å². The van der Waals surface area contributed by atoms with Gasteiger partial charge in [0, 0.05) is 19.3 Å². The summed E-state index contributed by atoms with van der Waals surface area (Å²) in [6, 6.07) is 1.39. The highest BCUT2D eigenvalue weighted by Gasteiger charge is 2.35. The number of anilines is 1. The van der Waals surface area contributed by atoms with Gasteiger partial charge in [-0.25, -0.2) is 13.4 Å². The Labute approximate surface area is 124 Å². The summed E-state index contributed by atoms with van der Waals surface area (Å²) in [4.78, 5) is 3.99. The molecule has 2 fully saturated rings. The van der Waals surface area contributed by atoms with E-state index in [-0.39, 0.29) is 15.7 Å². The fourth-order valence-corrected chi connectivity index (χ4v) is 3.96. The lowest BCUT2D eigenvalue weighted by Gasteiger charge is -2.22. The van der Waals surface area contributed by atoms with Gasteiger partial charge in [-0.1, -0.05) is 11.6 Å². The summed E-state index contributed by atoms with van der Waals surface area (Å²) in [5, 5.41) is 0.184. The van der Waals surface area contributed by atoms with E-state index < -0.39 is 10.0 Å². The molecular formula is C13H18ClN3O2S. The first-order chi connectivity index (χ1) is 9.46. The number of aromatic nitrogens is 1. The molecule has 7 heteroatoms. The molecule has 0 saturated heterocycles. The highest BCUT2D eigenvalue weighted by atomic mass is 35.5. The predicted molar refractivity (Wildman–Crippen MR) is 77.9 cm³/mol. The molecule has 0 atom stereocenters. The van der Waals surface area contributed by atoms with E-state index in [0.29, 0.717) is 24.9 Å². The van der Waals surface area contributed by atoms with Gasteiger partial charge in [0.2, 0.25) is 10.0 Å². The molecule has 5 nitrogen and oxygen atoms in total. The zero-order chi connectivity index (χ0) is 14.3. The molecule has 2 aliphatic carbocycles. The molecule has 0 amide bonds. The largest absolute Gasteiger partial charge is 0.382 e. The van der Waals surface area contributed by atoms with Crippen molar-refractivity contribution in [2.75, 3.05) is 18.8 Å². The van der Waals surface area contributed by atoms with Crippen molar-refractivity contribution in [3.05, 3.63) is 17.3 Å². The van der Waals surface area contributed by atoms with Crippen molar-refractivity contribution in [2.24, 2.45) is 11.8 Å². The van der Waals surface area contributed by atoms with Gasteiger partial charge in [0.15, 0.2) is 0 Å². The van der Waals surface area contributed by atoms with Crippen LogP contribution in [0.25, 0.3) is 0 Å². The topological polar surface area (TPSA) is 76.3 Å². The zero-order valence-electron chi connectivity index (χ0n) is 11.1. The number of sulfonamides is 1. The third-order valence-corrected chi connectivity index (χ3v) is 5.90. The van der Waals surface area contributed by atoms with Crippen LogP contribution in [0.1, 0.15) is 25.7 Å². The Morgan fingerprint density at radius 2 is 1.80 bits per heavy atom. The van der Waals surface area contributed by atoms with Crippen molar-refractivity contribution in [3.63, 3.8) is 0 Å². The second-order valence-corrected chi connectivity index (χ2v) is 8.09. The second kappa shape index (κ2) is 5.16. The average molecular weight is 316 g/mol. The van der Waals surface area contributed by atoms with Gasteiger partial charge in [0.1, 0.15) is 10.7 Å². The summed E-state index contributed by atoms with van der Waals surface area (Å²) in [7, 11) is -3.52. The number of pyridine rings is 1. The van der Waals surface area contributed by atoms with E-state index in [0.717, 1.165) is 25.7 Å². The summed E-state index contributed by atoms with van der Waals surface area (Å²) in [6.07, 6.45) is 5.78. The molecule has 110 valence electrons. The quantitative estimate of drug-likeness (QED) is 0.872. The first-order valence-electron chi connectivity index (χ1n) is 6.88. The predicted octanol–water partition coefficient (Wildman–Crippen LogP) is 2.13. The molecule has 0 aliphatic heterocycles. The highest BCUT2D eigenvalue weighted by Crippen LogP contribution is 2.36. The number of rotatable bonds is 6. The first-order valence-corrected chi connectivity index (χ1v) is 8.70. The third-order valence-electron chi connectivity index (χ3n) is 3.80. The first kappa shape index (κ1) is 14.1. The average Bonchev–Trinajstić information content (AvgIpc) is 3.26. The third kappa shape index (κ3) is 3.07. The van der Waals surface area contributed by atoms with Crippen LogP contribution in [0.2, 0.25) is 5.02 Å². The lowest BCUT2D eigenvalue weighted by molar-refractivity contribution is 0.382. The lowest BCUT2D eigenvalue weighted by Crippen LogP contribution is -2.34. The minimum atomic E-state index is -3.52. The van der Waals surface area contributed by atoms with E-state index in [1.54, 1.807) is 4.31 Å². The second-order valence-electron chi connectivity index (χ2n) is 5.75. The Kier molecular flexibility index (Phi) is 3.64. The molecule has 0 unspecified atom stereocenters. The lowest BCUT2D eigenvalue weighted by atomic mass is 10.4. The molecule has 0 radical (unpaired) electrons. The Bertz CT molecular complexity index is 598. The SMILES string of the molecule is Nc1ncc(S(=O)(=O)N(CC2CC2)CC2CC2)cc1Cl. The number of nitrogen functional groups attached to an aromatic ring is 1. The Hall–Kier alpha value is -0.850. The van der Waals surface area contributed by atoms with Crippen molar-refractivity contribution >= 4 is 27.4 Å². The molecule has 2 N–H and O–H groups in total. The standard InChI is InChI=1S/C13H18ClN3O2S/c14-12-5-11(6-16-13(12)15)20(18,19)17(7-9-1-2-9)8-10-3-4-10/h5-6,9-10H,1-4,7-8H2,(H2,15,16). The summed E-state index contributed by atoms with van der Waals surface area (Å²) >= 11 is 5.89. The van der Waals surface area contributed by atoms with Crippen molar-refractivity contribution in [1.29, 1.82) is 0 Å². The molecule has 20 heavy (non-hydrogen) atoms. The Morgan fingerprint density at radius 1 is 1.25 bits per heavy atom. The number of hydrogen-bond acceptors (Lipinski definition) is 4. The smallest absolute Gasteiger partial charge is 0.244 e. The fourth-order valence-electron chi connectivity index (χ4n) is 2.17. The number of hydrogen-bond donors (Lipinski definition) is 1. The van der Waals surface area contributed by atoms with Crippen LogP contribution in [-0.2, 0) is 10.0 Å². The van der Waals surface area contributed by atoms with Crippen molar-refractivity contribution in [2.45, 2.75) is 30.6 Å². The van der Waals surface area contributed by atoms with E-state index in [2.05, 4.69) is 4.98 Å². The molecule has 0 spiro atoms. The Morgan fingerprint density at radius 3 is 2.25 bits per heavy atom. The van der Waals surface area contributed by atoms with Gasteiger partial charge in [-0.15, -0.1) is 0 Å². The normalized spacial score (nSPS) is 19.5. The molecule has 2 aliphatic rings. The van der Waals surface area contributed by atoms with Crippen LogP contribution >= 0.6 is 11.6 Å². The van der Waals surface area contributed by atoms with Crippen LogP contribution in [0.5, 0.6) is 0 Å². The van der Waals surface area contributed by atoms with Gasteiger partial charge in [-0.3, -0.25) is 0 Å². The Balaban J connectivity index is 1.86. The fraction of sp³-hybridized carbons (Fsp3) is 0.615. The van der Waals surface area contributed by atoms with Crippen molar-refractivity contribution < 1.29 is 8.42 Å². The minimum Gasteiger partial charge on any atom is -0.382 e. The van der Waals surface area contributed by atoms with Crippen LogP contribution in [0.3, 0.4) is 0 Å².